The van der Waals surface area contributed by atoms with Gasteiger partial charge in [0.1, 0.15) is 12.6 Å². The van der Waals surface area contributed by atoms with Gasteiger partial charge in [-0.05, 0) is 42.8 Å². The van der Waals surface area contributed by atoms with Crippen LogP contribution < -0.4 is 9.62 Å². The lowest BCUT2D eigenvalue weighted by Crippen LogP contribution is -2.54. The van der Waals surface area contributed by atoms with Gasteiger partial charge in [0, 0.05) is 33.6 Å². The number of fused-ring (bicyclic) bond motifs is 1. The first kappa shape index (κ1) is 30.2. The number of anilines is 1. The van der Waals surface area contributed by atoms with Crippen molar-refractivity contribution >= 4 is 61.5 Å². The Balaban J connectivity index is 1.71. The first-order chi connectivity index (χ1) is 19.1. The van der Waals surface area contributed by atoms with Crippen molar-refractivity contribution in [3.63, 3.8) is 0 Å². The lowest BCUT2D eigenvalue weighted by molar-refractivity contribution is -0.140. The van der Waals surface area contributed by atoms with E-state index >= 15 is 0 Å². The summed E-state index contributed by atoms with van der Waals surface area (Å²) in [5.74, 6) is -0.790. The number of halogens is 2. The van der Waals surface area contributed by atoms with Gasteiger partial charge in [-0.3, -0.25) is 13.9 Å². The summed E-state index contributed by atoms with van der Waals surface area (Å²) in [6.45, 7) is 1.31. The van der Waals surface area contributed by atoms with E-state index in [1.807, 2.05) is 37.3 Å². The molecule has 1 saturated carbocycles. The molecule has 0 spiro atoms. The predicted octanol–water partition coefficient (Wildman–Crippen LogP) is 6.17. The molecule has 0 saturated heterocycles. The second-order valence-corrected chi connectivity index (χ2v) is 13.0. The first-order valence-electron chi connectivity index (χ1n) is 13.6. The number of hydrogen-bond donors (Lipinski definition) is 1. The van der Waals surface area contributed by atoms with E-state index in [1.165, 1.54) is 4.90 Å². The molecule has 3 aromatic carbocycles. The van der Waals surface area contributed by atoms with E-state index in [1.54, 1.807) is 30.3 Å². The Labute approximate surface area is 246 Å². The molecule has 1 aliphatic carbocycles. The molecule has 0 heterocycles. The Bertz CT molecular complexity index is 1450. The minimum Gasteiger partial charge on any atom is -0.352 e. The van der Waals surface area contributed by atoms with E-state index in [2.05, 4.69) is 5.32 Å². The van der Waals surface area contributed by atoms with E-state index in [4.69, 9.17) is 23.2 Å². The smallest absolute Gasteiger partial charge is 0.244 e. The Morgan fingerprint density at radius 1 is 0.950 bits per heavy atom. The van der Waals surface area contributed by atoms with Gasteiger partial charge in [-0.1, -0.05) is 91.9 Å². The van der Waals surface area contributed by atoms with Crippen molar-refractivity contribution in [3.8, 4) is 0 Å². The number of nitrogens with one attached hydrogen (secondary N) is 1. The first-order valence-corrected chi connectivity index (χ1v) is 16.2. The van der Waals surface area contributed by atoms with Crippen LogP contribution in [0, 0.1) is 0 Å². The van der Waals surface area contributed by atoms with Gasteiger partial charge in [-0.2, -0.15) is 0 Å². The average molecular weight is 605 g/mol. The fraction of sp³-hybridized carbons (Fsp3) is 0.400. The normalized spacial score (nSPS) is 15.0. The van der Waals surface area contributed by atoms with Crippen LogP contribution in [0.1, 0.15) is 51.0 Å². The van der Waals surface area contributed by atoms with Gasteiger partial charge in [-0.25, -0.2) is 8.42 Å². The highest BCUT2D eigenvalue weighted by Gasteiger charge is 2.33. The van der Waals surface area contributed by atoms with Crippen molar-refractivity contribution in [2.45, 2.75) is 64.1 Å². The van der Waals surface area contributed by atoms with Crippen molar-refractivity contribution in [3.05, 3.63) is 76.3 Å². The molecule has 3 aromatic rings. The topological polar surface area (TPSA) is 86.8 Å². The maximum absolute atomic E-state index is 14.1. The third-order valence-corrected chi connectivity index (χ3v) is 9.28. The van der Waals surface area contributed by atoms with Crippen LogP contribution in [-0.2, 0) is 26.2 Å². The zero-order chi connectivity index (χ0) is 28.9. The molecule has 214 valence electrons. The van der Waals surface area contributed by atoms with Gasteiger partial charge < -0.3 is 10.2 Å². The second-order valence-electron chi connectivity index (χ2n) is 10.3. The summed E-state index contributed by atoms with van der Waals surface area (Å²) < 4.78 is 27.2. The van der Waals surface area contributed by atoms with Gasteiger partial charge >= 0.3 is 0 Å². The zero-order valence-electron chi connectivity index (χ0n) is 22.8. The highest BCUT2D eigenvalue weighted by Crippen LogP contribution is 2.30. The number of nitrogens with zero attached hydrogens (tertiary/aromatic N) is 2. The molecule has 40 heavy (non-hydrogen) atoms. The van der Waals surface area contributed by atoms with Crippen LogP contribution in [0.2, 0.25) is 10.0 Å². The molecule has 2 amide bonds. The summed E-state index contributed by atoms with van der Waals surface area (Å²) in [5, 5.41) is 5.40. The highest BCUT2D eigenvalue weighted by molar-refractivity contribution is 7.92. The standard InChI is InChI=1S/C30H35Cl2N3O4S/c1-3-27(30(37)33-22-13-5-4-6-14-22)34(19-24-25(31)16-10-17-26(24)32)29(36)20-35(40(2,38)39)28-18-9-12-21-11-7-8-15-23(21)28/h7-12,15-18,22,27H,3-6,13-14,19-20H2,1-2H3,(H,33,37). The van der Waals surface area contributed by atoms with E-state index in [9.17, 15) is 18.0 Å². The third kappa shape index (κ3) is 7.09. The average Bonchev–Trinajstić information content (AvgIpc) is 2.92. The molecule has 1 fully saturated rings. The van der Waals surface area contributed by atoms with Gasteiger partial charge in [0.15, 0.2) is 0 Å². The van der Waals surface area contributed by atoms with Crippen molar-refractivity contribution in [2.75, 3.05) is 17.1 Å². The van der Waals surface area contributed by atoms with Gasteiger partial charge in [-0.15, -0.1) is 0 Å². The molecule has 0 radical (unpaired) electrons. The molecule has 0 aliphatic heterocycles. The number of carbonyl (C=O) groups is 2. The molecule has 1 N–H and O–H groups in total. The molecular weight excluding hydrogens is 569 g/mol. The maximum Gasteiger partial charge on any atom is 0.244 e. The second kappa shape index (κ2) is 13.2. The number of benzene rings is 3. The van der Waals surface area contributed by atoms with Crippen LogP contribution in [0.15, 0.2) is 60.7 Å². The van der Waals surface area contributed by atoms with Crippen molar-refractivity contribution in [1.82, 2.24) is 10.2 Å². The van der Waals surface area contributed by atoms with E-state index in [-0.39, 0.29) is 18.5 Å². The van der Waals surface area contributed by atoms with Crippen LogP contribution in [-0.4, -0.2) is 50.0 Å². The highest BCUT2D eigenvalue weighted by atomic mass is 35.5. The van der Waals surface area contributed by atoms with E-state index < -0.39 is 28.5 Å². The van der Waals surface area contributed by atoms with Crippen molar-refractivity contribution < 1.29 is 18.0 Å². The molecule has 0 aromatic heterocycles. The van der Waals surface area contributed by atoms with Crippen LogP contribution in [0.25, 0.3) is 10.8 Å². The largest absolute Gasteiger partial charge is 0.352 e. The summed E-state index contributed by atoms with van der Waals surface area (Å²) in [4.78, 5) is 29.1. The fourth-order valence-electron chi connectivity index (χ4n) is 5.34. The quantitative estimate of drug-likeness (QED) is 0.300. The zero-order valence-corrected chi connectivity index (χ0v) is 25.1. The number of carbonyl (C=O) groups excluding carboxylic acids is 2. The third-order valence-electron chi connectivity index (χ3n) is 7.44. The molecule has 1 aliphatic rings. The summed E-state index contributed by atoms with van der Waals surface area (Å²) in [6.07, 6.45) is 6.45. The number of hydrogen-bond acceptors (Lipinski definition) is 4. The molecular formula is C30H35Cl2N3O4S. The summed E-state index contributed by atoms with van der Waals surface area (Å²) in [6, 6.07) is 17.0. The Morgan fingerprint density at radius 2 is 1.57 bits per heavy atom. The fourth-order valence-corrected chi connectivity index (χ4v) is 6.72. The lowest BCUT2D eigenvalue weighted by Gasteiger charge is -2.34. The SMILES string of the molecule is CCC(C(=O)NC1CCCCC1)N(Cc1c(Cl)cccc1Cl)C(=O)CN(c1cccc2ccccc12)S(C)(=O)=O. The molecule has 4 rings (SSSR count). The Morgan fingerprint density at radius 3 is 2.23 bits per heavy atom. The summed E-state index contributed by atoms with van der Waals surface area (Å²) >= 11 is 12.9. The van der Waals surface area contributed by atoms with Crippen LogP contribution in [0.3, 0.4) is 0 Å². The molecule has 10 heteroatoms. The van der Waals surface area contributed by atoms with Crippen LogP contribution in [0.5, 0.6) is 0 Å². The number of amides is 2. The minimum absolute atomic E-state index is 0.0406. The Kier molecular flexibility index (Phi) is 9.98. The Hall–Kier alpha value is -2.81. The minimum atomic E-state index is -3.87. The number of rotatable bonds is 10. The van der Waals surface area contributed by atoms with Crippen molar-refractivity contribution in [1.29, 1.82) is 0 Å². The predicted molar refractivity (Wildman–Crippen MR) is 162 cm³/mol. The molecule has 1 unspecified atom stereocenters. The summed E-state index contributed by atoms with van der Waals surface area (Å²) in [7, 11) is -3.87. The van der Waals surface area contributed by atoms with Gasteiger partial charge in [0.2, 0.25) is 21.8 Å². The lowest BCUT2D eigenvalue weighted by atomic mass is 9.95. The van der Waals surface area contributed by atoms with Gasteiger partial charge in [0.25, 0.3) is 0 Å². The molecule has 7 nitrogen and oxygen atoms in total. The monoisotopic (exact) mass is 603 g/mol. The number of sulfonamides is 1. The molecule has 1 atom stereocenters. The molecule has 0 bridgehead atoms. The maximum atomic E-state index is 14.1. The van der Waals surface area contributed by atoms with Crippen LogP contribution >= 0.6 is 23.2 Å². The van der Waals surface area contributed by atoms with Gasteiger partial charge in [0.05, 0.1) is 11.9 Å². The van der Waals surface area contributed by atoms with E-state index in [0.717, 1.165) is 48.1 Å². The summed E-state index contributed by atoms with van der Waals surface area (Å²) in [5.41, 5.74) is 0.892. The van der Waals surface area contributed by atoms with Crippen molar-refractivity contribution in [2.24, 2.45) is 0 Å². The van der Waals surface area contributed by atoms with Crippen LogP contribution in [0.4, 0.5) is 5.69 Å². The van der Waals surface area contributed by atoms with E-state index in [0.29, 0.717) is 33.1 Å².